The molecule has 0 spiro atoms. The zero-order valence-corrected chi connectivity index (χ0v) is 11.6. The van der Waals surface area contributed by atoms with E-state index in [1.807, 2.05) is 24.3 Å². The van der Waals surface area contributed by atoms with Crippen LogP contribution in [0.4, 0.5) is 0 Å². The second kappa shape index (κ2) is 6.29. The van der Waals surface area contributed by atoms with Gasteiger partial charge in [-0.15, -0.1) is 5.10 Å². The lowest BCUT2D eigenvalue weighted by molar-refractivity contribution is 0.0525. The summed E-state index contributed by atoms with van der Waals surface area (Å²) in [5, 5.41) is 8.06. The molecule has 100 valence electrons. The van der Waals surface area contributed by atoms with Crippen molar-refractivity contribution in [1.82, 2.24) is 10.2 Å². The number of carbonyl (C=O) groups is 1. The fourth-order valence-corrected chi connectivity index (χ4v) is 2.03. The van der Waals surface area contributed by atoms with Crippen LogP contribution in [0.1, 0.15) is 29.2 Å². The third kappa shape index (κ3) is 3.51. The molecule has 0 radical (unpaired) electrons. The summed E-state index contributed by atoms with van der Waals surface area (Å²) in [6.45, 7) is 4.14. The molecule has 2 aromatic rings. The maximum absolute atomic E-state index is 11.4. The number of hydrogen-bond donors (Lipinski definition) is 0. The standard InChI is InChI=1S/C13H14N2O3S/c1-3-9-5-7-10(8-6-9)18-13-15-14-11(19-13)12(16)17-4-2/h5-8H,3-4H2,1-2H3. The Bertz CT molecular complexity index is 551. The van der Waals surface area contributed by atoms with Crippen LogP contribution in [0.2, 0.25) is 0 Å². The van der Waals surface area contributed by atoms with Crippen molar-refractivity contribution < 1.29 is 14.3 Å². The van der Waals surface area contributed by atoms with Crippen molar-refractivity contribution in [1.29, 1.82) is 0 Å². The largest absolute Gasteiger partial charge is 0.461 e. The predicted molar refractivity (Wildman–Crippen MR) is 71.8 cm³/mol. The molecular formula is C13H14N2O3S. The van der Waals surface area contributed by atoms with Crippen LogP contribution in [0.15, 0.2) is 24.3 Å². The molecule has 0 aliphatic carbocycles. The topological polar surface area (TPSA) is 61.3 Å². The fourth-order valence-electron chi connectivity index (χ4n) is 1.42. The average Bonchev–Trinajstić information content (AvgIpc) is 2.88. The molecule has 0 aliphatic rings. The third-order valence-corrected chi connectivity index (χ3v) is 3.17. The number of benzene rings is 1. The van der Waals surface area contributed by atoms with Crippen LogP contribution in [0, 0.1) is 0 Å². The van der Waals surface area contributed by atoms with Gasteiger partial charge in [-0.25, -0.2) is 4.79 Å². The summed E-state index contributed by atoms with van der Waals surface area (Å²) in [6, 6.07) is 7.71. The van der Waals surface area contributed by atoms with Crippen LogP contribution in [0.5, 0.6) is 10.9 Å². The lowest BCUT2D eigenvalue weighted by Gasteiger charge is -2.01. The average molecular weight is 278 g/mol. The summed E-state index contributed by atoms with van der Waals surface area (Å²) in [6.07, 6.45) is 0.978. The highest BCUT2D eigenvalue weighted by molar-refractivity contribution is 7.14. The Balaban J connectivity index is 2.04. The van der Waals surface area contributed by atoms with E-state index >= 15 is 0 Å². The monoisotopic (exact) mass is 278 g/mol. The summed E-state index contributed by atoms with van der Waals surface area (Å²) in [7, 11) is 0. The molecule has 0 N–H and O–H groups in total. The number of aryl methyl sites for hydroxylation is 1. The Labute approximate surface area is 115 Å². The highest BCUT2D eigenvalue weighted by atomic mass is 32.1. The van der Waals surface area contributed by atoms with Crippen molar-refractivity contribution in [3.63, 3.8) is 0 Å². The molecular weight excluding hydrogens is 264 g/mol. The first-order chi connectivity index (χ1) is 9.22. The van der Waals surface area contributed by atoms with Gasteiger partial charge in [-0.05, 0) is 42.4 Å². The SMILES string of the molecule is CCOC(=O)c1nnc(Oc2ccc(CC)cc2)s1. The van der Waals surface area contributed by atoms with Gasteiger partial charge in [0.1, 0.15) is 5.75 Å². The van der Waals surface area contributed by atoms with Crippen LogP contribution in [-0.4, -0.2) is 22.8 Å². The molecule has 1 heterocycles. The van der Waals surface area contributed by atoms with E-state index in [0.717, 1.165) is 17.8 Å². The zero-order chi connectivity index (χ0) is 13.7. The summed E-state index contributed by atoms with van der Waals surface area (Å²) in [4.78, 5) is 11.4. The molecule has 19 heavy (non-hydrogen) atoms. The summed E-state index contributed by atoms with van der Waals surface area (Å²) in [5.74, 6) is 0.194. The molecule has 0 fully saturated rings. The van der Waals surface area contributed by atoms with E-state index in [1.165, 1.54) is 5.56 Å². The van der Waals surface area contributed by atoms with Gasteiger partial charge in [0.2, 0.25) is 5.01 Å². The van der Waals surface area contributed by atoms with Gasteiger partial charge >= 0.3 is 5.97 Å². The van der Waals surface area contributed by atoms with Crippen LogP contribution in [-0.2, 0) is 11.2 Å². The zero-order valence-electron chi connectivity index (χ0n) is 10.8. The minimum absolute atomic E-state index is 0.196. The van der Waals surface area contributed by atoms with Crippen LogP contribution in [0.3, 0.4) is 0 Å². The lowest BCUT2D eigenvalue weighted by Crippen LogP contribution is -2.03. The van der Waals surface area contributed by atoms with E-state index in [4.69, 9.17) is 9.47 Å². The molecule has 0 unspecified atom stereocenters. The first-order valence-corrected chi connectivity index (χ1v) is 6.82. The Morgan fingerprint density at radius 2 is 1.95 bits per heavy atom. The van der Waals surface area contributed by atoms with E-state index < -0.39 is 5.97 Å². The van der Waals surface area contributed by atoms with Gasteiger partial charge in [0, 0.05) is 0 Å². The minimum atomic E-state index is -0.476. The number of rotatable bonds is 5. The van der Waals surface area contributed by atoms with Gasteiger partial charge in [0.05, 0.1) is 6.61 Å². The number of nitrogens with zero attached hydrogens (tertiary/aromatic N) is 2. The smallest absolute Gasteiger partial charge is 0.369 e. The summed E-state index contributed by atoms with van der Waals surface area (Å²) >= 11 is 1.07. The van der Waals surface area contributed by atoms with E-state index in [9.17, 15) is 4.79 Å². The van der Waals surface area contributed by atoms with Crippen molar-refractivity contribution in [2.45, 2.75) is 20.3 Å². The Morgan fingerprint density at radius 1 is 1.21 bits per heavy atom. The minimum Gasteiger partial charge on any atom is -0.461 e. The predicted octanol–water partition coefficient (Wildman–Crippen LogP) is 3.07. The molecule has 0 bridgehead atoms. The summed E-state index contributed by atoms with van der Waals surface area (Å²) in [5.41, 5.74) is 1.23. The van der Waals surface area contributed by atoms with E-state index in [-0.39, 0.29) is 5.01 Å². The molecule has 1 aromatic heterocycles. The van der Waals surface area contributed by atoms with E-state index in [2.05, 4.69) is 17.1 Å². The van der Waals surface area contributed by atoms with Crippen LogP contribution in [0.25, 0.3) is 0 Å². The Hall–Kier alpha value is -1.95. The van der Waals surface area contributed by atoms with E-state index in [0.29, 0.717) is 17.6 Å². The molecule has 0 atom stereocenters. The highest BCUT2D eigenvalue weighted by Crippen LogP contribution is 2.25. The summed E-state index contributed by atoms with van der Waals surface area (Å²) < 4.78 is 10.4. The first-order valence-electron chi connectivity index (χ1n) is 6.00. The maximum Gasteiger partial charge on any atom is 0.369 e. The van der Waals surface area contributed by atoms with Crippen molar-refractivity contribution in [2.24, 2.45) is 0 Å². The van der Waals surface area contributed by atoms with Crippen molar-refractivity contribution in [3.05, 3.63) is 34.8 Å². The number of esters is 1. The molecule has 5 nitrogen and oxygen atoms in total. The van der Waals surface area contributed by atoms with Crippen LogP contribution < -0.4 is 4.74 Å². The number of carbonyl (C=O) groups excluding carboxylic acids is 1. The Morgan fingerprint density at radius 3 is 2.58 bits per heavy atom. The number of ether oxygens (including phenoxy) is 2. The molecule has 0 aliphatic heterocycles. The first kappa shape index (κ1) is 13.5. The molecule has 2 rings (SSSR count). The van der Waals surface area contributed by atoms with Crippen molar-refractivity contribution in [2.75, 3.05) is 6.61 Å². The van der Waals surface area contributed by atoms with Gasteiger partial charge in [-0.2, -0.15) is 0 Å². The maximum atomic E-state index is 11.4. The second-order valence-electron chi connectivity index (χ2n) is 3.69. The molecule has 0 saturated carbocycles. The number of aromatic nitrogens is 2. The van der Waals surface area contributed by atoms with Crippen molar-refractivity contribution in [3.8, 4) is 10.9 Å². The molecule has 0 amide bonds. The van der Waals surface area contributed by atoms with Crippen LogP contribution >= 0.6 is 11.3 Å². The molecule has 1 aromatic carbocycles. The van der Waals surface area contributed by atoms with Gasteiger partial charge in [0.15, 0.2) is 0 Å². The van der Waals surface area contributed by atoms with Gasteiger partial charge in [0.25, 0.3) is 5.19 Å². The molecule has 0 saturated heterocycles. The quantitative estimate of drug-likeness (QED) is 0.786. The Kier molecular flexibility index (Phi) is 4.46. The fraction of sp³-hybridized carbons (Fsp3) is 0.308. The molecule has 6 heteroatoms. The van der Waals surface area contributed by atoms with Gasteiger partial charge in [-0.3, -0.25) is 0 Å². The second-order valence-corrected chi connectivity index (χ2v) is 4.63. The van der Waals surface area contributed by atoms with Gasteiger partial charge < -0.3 is 9.47 Å². The lowest BCUT2D eigenvalue weighted by atomic mass is 10.2. The van der Waals surface area contributed by atoms with Crippen molar-refractivity contribution >= 4 is 17.3 Å². The normalized spacial score (nSPS) is 10.2. The van der Waals surface area contributed by atoms with Gasteiger partial charge in [-0.1, -0.05) is 24.2 Å². The third-order valence-electron chi connectivity index (χ3n) is 2.39. The number of hydrogen-bond acceptors (Lipinski definition) is 6. The van der Waals surface area contributed by atoms with E-state index in [1.54, 1.807) is 6.92 Å². The highest BCUT2D eigenvalue weighted by Gasteiger charge is 2.14.